The van der Waals surface area contributed by atoms with Gasteiger partial charge in [-0.05, 0) is 13.8 Å². The quantitative estimate of drug-likeness (QED) is 0.727. The average molecular weight is 312 g/mol. The molecule has 0 aliphatic carbocycles. The van der Waals surface area contributed by atoms with Crippen LogP contribution in [-0.4, -0.2) is 40.8 Å². The third-order valence-electron chi connectivity index (χ3n) is 3.48. The predicted molar refractivity (Wildman–Crippen MR) is 81.3 cm³/mol. The lowest BCUT2D eigenvalue weighted by Crippen LogP contribution is -2.24. The number of nitrogens with zero attached hydrogens (tertiary/aromatic N) is 6. The van der Waals surface area contributed by atoms with E-state index in [1.54, 1.807) is 23.3 Å². The summed E-state index contributed by atoms with van der Waals surface area (Å²) in [6.07, 6.45) is 4.73. The van der Waals surface area contributed by atoms with Gasteiger partial charge in [0.1, 0.15) is 11.5 Å². The summed E-state index contributed by atoms with van der Waals surface area (Å²) in [4.78, 5) is 24.7. The van der Waals surface area contributed by atoms with Crippen molar-refractivity contribution in [2.75, 3.05) is 0 Å². The number of carbonyl (C=O) groups is 1. The number of hydrogen-bond acceptors (Lipinski definition) is 6. The summed E-state index contributed by atoms with van der Waals surface area (Å²) in [5.41, 5.74) is 2.67. The van der Waals surface area contributed by atoms with E-state index in [4.69, 9.17) is 0 Å². The number of aromatic nitrogens is 7. The number of aromatic amines is 1. The van der Waals surface area contributed by atoms with E-state index in [9.17, 15) is 4.79 Å². The van der Waals surface area contributed by atoms with E-state index >= 15 is 0 Å². The Balaban J connectivity index is 1.69. The monoisotopic (exact) mass is 312 g/mol. The summed E-state index contributed by atoms with van der Waals surface area (Å²) >= 11 is 0. The molecule has 0 aliphatic rings. The van der Waals surface area contributed by atoms with Crippen molar-refractivity contribution in [3.63, 3.8) is 0 Å². The smallest absolute Gasteiger partial charge is 0.255 e. The summed E-state index contributed by atoms with van der Waals surface area (Å²) in [6, 6.07) is 0. The summed E-state index contributed by atoms with van der Waals surface area (Å²) in [5.74, 6) is 0.792. The zero-order valence-electron chi connectivity index (χ0n) is 13.0. The van der Waals surface area contributed by atoms with Crippen LogP contribution in [0.25, 0.3) is 11.5 Å². The molecule has 0 spiro atoms. The van der Waals surface area contributed by atoms with Crippen molar-refractivity contribution in [3.05, 3.63) is 41.4 Å². The highest BCUT2D eigenvalue weighted by Crippen LogP contribution is 2.12. The van der Waals surface area contributed by atoms with Crippen LogP contribution in [0.4, 0.5) is 0 Å². The number of hydrogen-bond donors (Lipinski definition) is 2. The number of nitrogens with one attached hydrogen (secondary N) is 2. The molecule has 0 aliphatic heterocycles. The van der Waals surface area contributed by atoms with Gasteiger partial charge in [-0.15, -0.1) is 0 Å². The van der Waals surface area contributed by atoms with Gasteiger partial charge in [-0.3, -0.25) is 19.6 Å². The highest BCUT2D eigenvalue weighted by molar-refractivity contribution is 5.96. The standard InChI is InChI=1S/C14H16N8O/c1-8-12(9(2)22(3)21-8)14(23)17-7-11-18-13(20-19-11)10-6-15-4-5-16-10/h4-6H,7H2,1-3H3,(H,17,23)(H,18,19,20). The Hall–Kier alpha value is -3.10. The number of H-pyrrole nitrogens is 1. The summed E-state index contributed by atoms with van der Waals surface area (Å²) in [6.45, 7) is 3.90. The Morgan fingerprint density at radius 2 is 2.17 bits per heavy atom. The Kier molecular flexibility index (Phi) is 3.83. The Morgan fingerprint density at radius 1 is 1.35 bits per heavy atom. The second-order valence-corrected chi connectivity index (χ2v) is 5.05. The van der Waals surface area contributed by atoms with E-state index in [1.807, 2.05) is 20.9 Å². The van der Waals surface area contributed by atoms with Crippen LogP contribution < -0.4 is 5.32 Å². The van der Waals surface area contributed by atoms with Gasteiger partial charge in [0.05, 0.1) is 24.0 Å². The lowest BCUT2D eigenvalue weighted by Gasteiger charge is -2.03. The summed E-state index contributed by atoms with van der Waals surface area (Å²) in [7, 11) is 1.81. The van der Waals surface area contributed by atoms with E-state index in [0.717, 1.165) is 5.69 Å². The fraction of sp³-hybridized carbons (Fsp3) is 0.286. The molecule has 3 aromatic heterocycles. The molecule has 0 saturated carbocycles. The number of amides is 1. The molecule has 0 unspecified atom stereocenters. The Bertz CT molecular complexity index is 836. The molecule has 118 valence electrons. The summed E-state index contributed by atoms with van der Waals surface area (Å²) < 4.78 is 1.69. The van der Waals surface area contributed by atoms with Crippen LogP contribution in [0.3, 0.4) is 0 Å². The lowest BCUT2D eigenvalue weighted by molar-refractivity contribution is 0.0948. The van der Waals surface area contributed by atoms with Crippen molar-refractivity contribution in [1.29, 1.82) is 0 Å². The van der Waals surface area contributed by atoms with Crippen molar-refractivity contribution in [1.82, 2.24) is 40.2 Å². The van der Waals surface area contributed by atoms with Gasteiger partial charge < -0.3 is 5.32 Å². The predicted octanol–water partition coefficient (Wildman–Crippen LogP) is 0.542. The van der Waals surface area contributed by atoms with Gasteiger partial charge in [-0.1, -0.05) is 0 Å². The van der Waals surface area contributed by atoms with Crippen molar-refractivity contribution >= 4 is 5.91 Å². The molecular weight excluding hydrogens is 296 g/mol. The minimum atomic E-state index is -0.189. The molecule has 0 fully saturated rings. The zero-order valence-corrected chi connectivity index (χ0v) is 13.0. The van der Waals surface area contributed by atoms with Gasteiger partial charge in [-0.2, -0.15) is 10.2 Å². The molecule has 0 aromatic carbocycles. The molecule has 1 amide bonds. The van der Waals surface area contributed by atoms with Gasteiger partial charge in [0.15, 0.2) is 0 Å². The van der Waals surface area contributed by atoms with E-state index in [2.05, 4.69) is 35.6 Å². The zero-order chi connectivity index (χ0) is 16.4. The van der Waals surface area contributed by atoms with Crippen molar-refractivity contribution in [2.45, 2.75) is 20.4 Å². The van der Waals surface area contributed by atoms with Crippen LogP contribution >= 0.6 is 0 Å². The Labute approximate surface area is 132 Å². The van der Waals surface area contributed by atoms with Crippen LogP contribution in [0.2, 0.25) is 0 Å². The first-order valence-electron chi connectivity index (χ1n) is 7.02. The van der Waals surface area contributed by atoms with Crippen LogP contribution in [0.1, 0.15) is 27.6 Å². The van der Waals surface area contributed by atoms with E-state index in [-0.39, 0.29) is 12.5 Å². The fourth-order valence-corrected chi connectivity index (χ4v) is 2.26. The van der Waals surface area contributed by atoms with Gasteiger partial charge >= 0.3 is 0 Å². The molecule has 23 heavy (non-hydrogen) atoms. The third kappa shape index (κ3) is 2.93. The SMILES string of the molecule is Cc1nn(C)c(C)c1C(=O)NCc1nc(-c2cnccn2)n[nH]1. The largest absolute Gasteiger partial charge is 0.345 e. The van der Waals surface area contributed by atoms with E-state index in [1.165, 1.54) is 0 Å². The van der Waals surface area contributed by atoms with Gasteiger partial charge in [0.25, 0.3) is 5.91 Å². The van der Waals surface area contributed by atoms with Crippen molar-refractivity contribution in [3.8, 4) is 11.5 Å². The number of rotatable bonds is 4. The molecule has 9 nitrogen and oxygen atoms in total. The normalized spacial score (nSPS) is 10.7. The van der Waals surface area contributed by atoms with Crippen LogP contribution in [-0.2, 0) is 13.6 Å². The molecule has 0 saturated heterocycles. The van der Waals surface area contributed by atoms with E-state index in [0.29, 0.717) is 28.6 Å². The van der Waals surface area contributed by atoms with Crippen LogP contribution in [0.5, 0.6) is 0 Å². The maximum atomic E-state index is 12.3. The lowest BCUT2D eigenvalue weighted by atomic mass is 10.2. The minimum absolute atomic E-state index is 0.189. The van der Waals surface area contributed by atoms with Crippen LogP contribution in [0, 0.1) is 13.8 Å². The molecule has 3 heterocycles. The molecule has 0 atom stereocenters. The first-order chi connectivity index (χ1) is 11.1. The molecule has 3 rings (SSSR count). The van der Waals surface area contributed by atoms with Crippen LogP contribution in [0.15, 0.2) is 18.6 Å². The minimum Gasteiger partial charge on any atom is -0.345 e. The maximum Gasteiger partial charge on any atom is 0.255 e. The van der Waals surface area contributed by atoms with Crippen molar-refractivity contribution in [2.24, 2.45) is 7.05 Å². The highest BCUT2D eigenvalue weighted by atomic mass is 16.1. The molecule has 0 radical (unpaired) electrons. The second kappa shape index (κ2) is 5.95. The molecule has 9 heteroatoms. The third-order valence-corrected chi connectivity index (χ3v) is 3.48. The van der Waals surface area contributed by atoms with Gasteiger partial charge in [-0.25, -0.2) is 9.97 Å². The maximum absolute atomic E-state index is 12.3. The number of carbonyl (C=O) groups excluding carboxylic acids is 1. The fourth-order valence-electron chi connectivity index (χ4n) is 2.26. The van der Waals surface area contributed by atoms with Crippen molar-refractivity contribution < 1.29 is 4.79 Å². The topological polar surface area (TPSA) is 114 Å². The molecule has 0 bridgehead atoms. The van der Waals surface area contributed by atoms with Gasteiger partial charge in [0.2, 0.25) is 5.82 Å². The molecular formula is C14H16N8O. The summed E-state index contributed by atoms with van der Waals surface area (Å²) in [5, 5.41) is 13.9. The second-order valence-electron chi connectivity index (χ2n) is 5.05. The first-order valence-corrected chi connectivity index (χ1v) is 7.02. The average Bonchev–Trinajstić information content (AvgIpc) is 3.11. The number of aryl methyl sites for hydroxylation is 2. The highest BCUT2D eigenvalue weighted by Gasteiger charge is 2.17. The van der Waals surface area contributed by atoms with E-state index < -0.39 is 0 Å². The molecule has 3 aromatic rings. The Morgan fingerprint density at radius 3 is 2.83 bits per heavy atom. The first kappa shape index (κ1) is 14.8. The molecule has 2 N–H and O–H groups in total. The van der Waals surface area contributed by atoms with Gasteiger partial charge in [0, 0.05) is 25.1 Å².